The second kappa shape index (κ2) is 4.56. The Morgan fingerprint density at radius 1 is 0.583 bits per heavy atom. The Hall–Kier alpha value is -2.42. The number of benzene rings is 3. The van der Waals surface area contributed by atoms with E-state index in [4.69, 9.17) is 9.78 Å². The van der Waals surface area contributed by atoms with Crippen LogP contribution in [0.1, 0.15) is 23.3 Å². The molecule has 7 rings (SSSR count). The highest BCUT2D eigenvalue weighted by Crippen LogP contribution is 2.54. The van der Waals surface area contributed by atoms with Gasteiger partial charge in [0.1, 0.15) is 12.2 Å². The molecule has 2 nitrogen and oxygen atoms in total. The van der Waals surface area contributed by atoms with Gasteiger partial charge in [-0.25, -0.2) is 9.78 Å². The van der Waals surface area contributed by atoms with Crippen molar-refractivity contribution in [1.82, 2.24) is 0 Å². The first kappa shape index (κ1) is 12.9. The minimum atomic E-state index is -0.0239. The predicted molar refractivity (Wildman–Crippen MR) is 93.2 cm³/mol. The summed E-state index contributed by atoms with van der Waals surface area (Å²) in [6, 6.07) is 21.7. The van der Waals surface area contributed by atoms with Crippen LogP contribution in [0, 0.1) is 11.8 Å². The van der Waals surface area contributed by atoms with Crippen molar-refractivity contribution < 1.29 is 9.78 Å². The van der Waals surface area contributed by atoms with E-state index in [0.29, 0.717) is 11.8 Å². The van der Waals surface area contributed by atoms with Crippen LogP contribution in [0.5, 0.6) is 0 Å². The third-order valence-electron chi connectivity index (χ3n) is 5.71. The second-order valence-corrected chi connectivity index (χ2v) is 6.98. The van der Waals surface area contributed by atoms with Crippen molar-refractivity contribution in [1.29, 1.82) is 0 Å². The van der Waals surface area contributed by atoms with Gasteiger partial charge in [0.05, 0.1) is 0 Å². The third-order valence-corrected chi connectivity index (χ3v) is 5.71. The van der Waals surface area contributed by atoms with Gasteiger partial charge in [0, 0.05) is 11.8 Å². The van der Waals surface area contributed by atoms with Crippen LogP contribution in [0.4, 0.5) is 0 Å². The Kier molecular flexibility index (Phi) is 2.46. The Bertz CT molecular complexity index is 1010. The molecule has 1 saturated heterocycles. The first-order chi connectivity index (χ1) is 11.9. The highest BCUT2D eigenvalue weighted by molar-refractivity contribution is 5.84. The zero-order chi connectivity index (χ0) is 15.7. The average Bonchev–Trinajstić information content (AvgIpc) is 2.65. The molecule has 24 heavy (non-hydrogen) atoms. The van der Waals surface area contributed by atoms with E-state index in [2.05, 4.69) is 72.8 Å². The summed E-state index contributed by atoms with van der Waals surface area (Å²) in [4.78, 5) is 11.6. The van der Waals surface area contributed by atoms with E-state index in [0.717, 1.165) is 0 Å². The molecule has 2 heterocycles. The number of rotatable bonds is 0. The molecule has 0 aromatic heterocycles. The topological polar surface area (TPSA) is 18.5 Å². The normalized spacial score (nSPS) is 29.2. The van der Waals surface area contributed by atoms with Crippen molar-refractivity contribution in [3.05, 3.63) is 82.2 Å². The van der Waals surface area contributed by atoms with Gasteiger partial charge < -0.3 is 0 Å². The molecule has 0 spiro atoms. The van der Waals surface area contributed by atoms with Gasteiger partial charge in [0.2, 0.25) is 0 Å². The van der Waals surface area contributed by atoms with Crippen molar-refractivity contribution in [2.24, 2.45) is 11.8 Å². The molecular formula is C22H16O2. The Morgan fingerprint density at radius 3 is 1.54 bits per heavy atom. The van der Waals surface area contributed by atoms with Gasteiger partial charge in [-0.2, -0.15) is 0 Å². The van der Waals surface area contributed by atoms with Crippen LogP contribution in [0.2, 0.25) is 0 Å². The third kappa shape index (κ3) is 1.62. The van der Waals surface area contributed by atoms with E-state index in [1.54, 1.807) is 0 Å². The van der Waals surface area contributed by atoms with E-state index < -0.39 is 0 Å². The molecular weight excluding hydrogens is 296 g/mol. The van der Waals surface area contributed by atoms with E-state index in [9.17, 15) is 0 Å². The molecule has 0 saturated carbocycles. The van der Waals surface area contributed by atoms with Crippen molar-refractivity contribution in [3.8, 4) is 0 Å². The highest BCUT2D eigenvalue weighted by Gasteiger charge is 2.48. The molecule has 2 aliphatic carbocycles. The largest absolute Gasteiger partial charge is 0.227 e. The monoisotopic (exact) mass is 312 g/mol. The molecule has 2 heteroatoms. The predicted octanol–water partition coefficient (Wildman–Crippen LogP) is 3.40. The summed E-state index contributed by atoms with van der Waals surface area (Å²) in [7, 11) is 0. The molecule has 4 unspecified atom stereocenters. The molecule has 0 radical (unpaired) electrons. The Labute approximate surface area is 139 Å². The van der Waals surface area contributed by atoms with Gasteiger partial charge in [-0.05, 0) is 44.5 Å². The quantitative estimate of drug-likeness (QED) is 0.592. The molecule has 3 aromatic carbocycles. The maximum absolute atomic E-state index is 5.79. The lowest BCUT2D eigenvalue weighted by molar-refractivity contribution is -0.407. The van der Waals surface area contributed by atoms with Crippen LogP contribution in [-0.4, -0.2) is 0 Å². The zero-order valence-corrected chi connectivity index (χ0v) is 13.1. The number of hydrogen-bond donors (Lipinski definition) is 0. The molecule has 0 amide bonds. The van der Waals surface area contributed by atoms with Crippen molar-refractivity contribution in [2.75, 3.05) is 0 Å². The van der Waals surface area contributed by atoms with Gasteiger partial charge in [0.25, 0.3) is 0 Å². The van der Waals surface area contributed by atoms with Crippen LogP contribution in [0.3, 0.4) is 0 Å². The van der Waals surface area contributed by atoms with Gasteiger partial charge in [0.15, 0.2) is 0 Å². The van der Waals surface area contributed by atoms with Gasteiger partial charge >= 0.3 is 0 Å². The lowest BCUT2D eigenvalue weighted by Gasteiger charge is -2.46. The summed E-state index contributed by atoms with van der Waals surface area (Å²) in [5, 5.41) is 5.14. The molecule has 4 atom stereocenters. The maximum Gasteiger partial charge on any atom is 0.125 e. The van der Waals surface area contributed by atoms with E-state index in [1.165, 1.54) is 32.3 Å². The fourth-order valence-electron chi connectivity index (χ4n) is 4.56. The van der Waals surface area contributed by atoms with Crippen LogP contribution >= 0.6 is 0 Å². The second-order valence-electron chi connectivity index (χ2n) is 6.98. The highest BCUT2D eigenvalue weighted by atomic mass is 17.2. The van der Waals surface area contributed by atoms with E-state index in [-0.39, 0.29) is 12.2 Å². The van der Waals surface area contributed by atoms with E-state index in [1.807, 2.05) is 0 Å². The smallest absolute Gasteiger partial charge is 0.125 e. The summed E-state index contributed by atoms with van der Waals surface area (Å²) >= 11 is 0. The van der Waals surface area contributed by atoms with Gasteiger partial charge in [-0.3, -0.25) is 0 Å². The fourth-order valence-corrected chi connectivity index (χ4v) is 4.56. The molecule has 3 aromatic rings. The van der Waals surface area contributed by atoms with Gasteiger partial charge in [-0.1, -0.05) is 60.7 Å². The molecule has 2 aliphatic heterocycles. The number of fused-ring (bicyclic) bond motifs is 3. The summed E-state index contributed by atoms with van der Waals surface area (Å²) < 4.78 is 0. The maximum atomic E-state index is 5.79. The Balaban J connectivity index is 1.61. The lowest BCUT2D eigenvalue weighted by atomic mass is 9.69. The van der Waals surface area contributed by atoms with Crippen LogP contribution < -0.4 is 10.4 Å². The molecule has 0 N–H and O–H groups in total. The van der Waals surface area contributed by atoms with Crippen molar-refractivity contribution in [3.63, 3.8) is 0 Å². The fraction of sp³-hybridized carbons (Fsp3) is 0.182. The van der Waals surface area contributed by atoms with Crippen LogP contribution in [0.25, 0.3) is 22.9 Å². The summed E-state index contributed by atoms with van der Waals surface area (Å²) in [6.07, 6.45) is 4.70. The Morgan fingerprint density at radius 2 is 1.04 bits per heavy atom. The molecule has 116 valence electrons. The average molecular weight is 312 g/mol. The summed E-state index contributed by atoms with van der Waals surface area (Å²) in [5.41, 5.74) is 2.57. The summed E-state index contributed by atoms with van der Waals surface area (Å²) in [6.45, 7) is 0. The number of hydrogen-bond acceptors (Lipinski definition) is 2. The molecule has 2 bridgehead atoms. The van der Waals surface area contributed by atoms with Crippen LogP contribution in [0.15, 0.2) is 60.7 Å². The zero-order valence-electron chi connectivity index (χ0n) is 13.1. The minimum Gasteiger partial charge on any atom is -0.227 e. The van der Waals surface area contributed by atoms with E-state index >= 15 is 0 Å². The van der Waals surface area contributed by atoms with Crippen molar-refractivity contribution >= 4 is 22.9 Å². The standard InChI is InChI=1S/C22H16O2/c1-2-6-14-10-18-17(9-13(14)5-1)21-19-11-15-7-3-4-8-16(15)12-20(19)22(18)24-23-21/h1-12,17-18,21-22H. The van der Waals surface area contributed by atoms with Gasteiger partial charge in [-0.15, -0.1) is 0 Å². The molecule has 1 fully saturated rings. The van der Waals surface area contributed by atoms with Crippen molar-refractivity contribution in [2.45, 2.75) is 12.2 Å². The first-order valence-corrected chi connectivity index (χ1v) is 8.52. The lowest BCUT2D eigenvalue weighted by Crippen LogP contribution is -2.44. The van der Waals surface area contributed by atoms with Crippen LogP contribution in [-0.2, 0) is 9.78 Å². The SMILES string of the molecule is C1=c2ccccc2=CC2C3OOC(c4cc5ccccc5cc43)C12. The minimum absolute atomic E-state index is 0.0239. The first-order valence-electron chi connectivity index (χ1n) is 8.52. The molecule has 4 aliphatic rings. The summed E-state index contributed by atoms with van der Waals surface area (Å²) in [5.74, 6) is 0.680.